The van der Waals surface area contributed by atoms with Crippen molar-refractivity contribution in [2.75, 3.05) is 0 Å². The minimum absolute atomic E-state index is 0.194. The van der Waals surface area contributed by atoms with E-state index in [2.05, 4.69) is 10.3 Å². The highest BCUT2D eigenvalue weighted by molar-refractivity contribution is 5.99. The van der Waals surface area contributed by atoms with E-state index >= 15 is 0 Å². The number of aliphatic carboxylic acids is 1. The number of rotatable bonds is 5. The average Bonchev–Trinajstić information content (AvgIpc) is 2.81. The van der Waals surface area contributed by atoms with Crippen LogP contribution in [0.5, 0.6) is 0 Å². The molecule has 0 aliphatic carbocycles. The number of hydrogen-bond donors (Lipinski definition) is 3. The van der Waals surface area contributed by atoms with Gasteiger partial charge in [-0.25, -0.2) is 4.79 Å². The van der Waals surface area contributed by atoms with E-state index < -0.39 is 17.9 Å². The van der Waals surface area contributed by atoms with Crippen LogP contribution in [-0.2, 0) is 4.79 Å². The number of benzene rings is 1. The Morgan fingerprint density at radius 1 is 1.30 bits per heavy atom. The van der Waals surface area contributed by atoms with E-state index in [0.29, 0.717) is 12.1 Å². The van der Waals surface area contributed by atoms with Crippen molar-refractivity contribution in [1.82, 2.24) is 10.3 Å². The highest BCUT2D eigenvalue weighted by Gasteiger charge is 2.22. The lowest BCUT2D eigenvalue weighted by molar-refractivity contribution is -0.139. The maximum Gasteiger partial charge on any atom is 0.326 e. The van der Waals surface area contributed by atoms with E-state index in [4.69, 9.17) is 5.11 Å². The van der Waals surface area contributed by atoms with Crippen LogP contribution in [0.4, 0.5) is 0 Å². The fourth-order valence-electron chi connectivity index (χ4n) is 2.12. The molecule has 0 radical (unpaired) electrons. The van der Waals surface area contributed by atoms with Gasteiger partial charge in [0.05, 0.1) is 0 Å². The lowest BCUT2D eigenvalue weighted by Crippen LogP contribution is -2.41. The van der Waals surface area contributed by atoms with Gasteiger partial charge in [-0.15, -0.1) is 0 Å². The molecule has 0 spiro atoms. The highest BCUT2D eigenvalue weighted by Crippen LogP contribution is 2.15. The molecule has 5 nitrogen and oxygen atoms in total. The zero-order chi connectivity index (χ0) is 14.7. The maximum atomic E-state index is 12.1. The summed E-state index contributed by atoms with van der Waals surface area (Å²) in [6, 6.07) is 8.38. The summed E-state index contributed by atoms with van der Waals surface area (Å²) in [4.78, 5) is 26.2. The summed E-state index contributed by atoms with van der Waals surface area (Å²) in [7, 11) is 0. The molecular formula is C15H18N2O3. The van der Waals surface area contributed by atoms with Crippen LogP contribution in [-0.4, -0.2) is 28.0 Å². The second-order valence-electron chi connectivity index (χ2n) is 5.26. The van der Waals surface area contributed by atoms with Crippen LogP contribution in [0.25, 0.3) is 10.9 Å². The molecule has 20 heavy (non-hydrogen) atoms. The summed E-state index contributed by atoms with van der Waals surface area (Å²) < 4.78 is 0. The van der Waals surface area contributed by atoms with E-state index in [1.54, 1.807) is 6.07 Å². The number of carboxylic acid groups (broad SMARTS) is 1. The maximum absolute atomic E-state index is 12.1. The molecule has 1 aromatic carbocycles. The minimum Gasteiger partial charge on any atom is -0.480 e. The fraction of sp³-hybridized carbons (Fsp3) is 0.333. The Balaban J connectivity index is 2.15. The summed E-state index contributed by atoms with van der Waals surface area (Å²) in [5, 5.41) is 12.6. The molecule has 3 N–H and O–H groups in total. The monoisotopic (exact) mass is 274 g/mol. The molecule has 0 bridgehead atoms. The van der Waals surface area contributed by atoms with Gasteiger partial charge in [0.25, 0.3) is 5.91 Å². The third kappa shape index (κ3) is 3.17. The van der Waals surface area contributed by atoms with Crippen LogP contribution in [0.15, 0.2) is 30.3 Å². The molecule has 0 saturated heterocycles. The minimum atomic E-state index is -1.01. The largest absolute Gasteiger partial charge is 0.480 e. The number of aromatic nitrogens is 1. The molecule has 2 aromatic rings. The normalized spacial score (nSPS) is 12.6. The van der Waals surface area contributed by atoms with Gasteiger partial charge in [-0.2, -0.15) is 0 Å². The zero-order valence-electron chi connectivity index (χ0n) is 11.5. The molecule has 0 aliphatic rings. The number of carbonyl (C=O) groups excluding carboxylic acids is 1. The lowest BCUT2D eigenvalue weighted by Gasteiger charge is -2.15. The van der Waals surface area contributed by atoms with Crippen LogP contribution in [0.1, 0.15) is 30.8 Å². The van der Waals surface area contributed by atoms with Crippen molar-refractivity contribution >= 4 is 22.8 Å². The predicted molar refractivity (Wildman–Crippen MR) is 76.6 cm³/mol. The van der Waals surface area contributed by atoms with Crippen molar-refractivity contribution in [3.05, 3.63) is 36.0 Å². The highest BCUT2D eigenvalue weighted by atomic mass is 16.4. The Kier molecular flexibility index (Phi) is 4.08. The summed E-state index contributed by atoms with van der Waals surface area (Å²) in [6.07, 6.45) is 0.404. The molecule has 0 fully saturated rings. The number of para-hydroxylation sites is 1. The Hall–Kier alpha value is -2.30. The Labute approximate surface area is 117 Å². The van der Waals surface area contributed by atoms with Crippen molar-refractivity contribution in [2.45, 2.75) is 26.3 Å². The average molecular weight is 274 g/mol. The summed E-state index contributed by atoms with van der Waals surface area (Å²) in [5.41, 5.74) is 1.23. The molecule has 1 atom stereocenters. The van der Waals surface area contributed by atoms with Crippen LogP contribution < -0.4 is 5.32 Å². The molecular weight excluding hydrogens is 256 g/mol. The van der Waals surface area contributed by atoms with Crippen molar-refractivity contribution in [3.63, 3.8) is 0 Å². The number of fused-ring (bicyclic) bond motifs is 1. The van der Waals surface area contributed by atoms with E-state index in [1.165, 1.54) is 0 Å². The lowest BCUT2D eigenvalue weighted by atomic mass is 10.0. The summed E-state index contributed by atoms with van der Waals surface area (Å²) in [5.74, 6) is -1.21. The number of amides is 1. The van der Waals surface area contributed by atoms with E-state index in [9.17, 15) is 9.59 Å². The van der Waals surface area contributed by atoms with Gasteiger partial charge in [-0.3, -0.25) is 4.79 Å². The standard InChI is InChI=1S/C15H18N2O3/c1-9(2)7-13(15(19)20)17-14(18)12-8-10-5-3-4-6-11(10)16-12/h3-6,8-9,13,16H,7H2,1-2H3,(H,17,18)(H,19,20). The number of hydrogen-bond acceptors (Lipinski definition) is 2. The quantitative estimate of drug-likeness (QED) is 0.783. The van der Waals surface area contributed by atoms with Gasteiger partial charge >= 0.3 is 5.97 Å². The van der Waals surface area contributed by atoms with Gasteiger partial charge < -0.3 is 15.4 Å². The first-order valence-corrected chi connectivity index (χ1v) is 6.59. The summed E-state index contributed by atoms with van der Waals surface area (Å²) in [6.45, 7) is 3.84. The Morgan fingerprint density at radius 2 is 2.00 bits per heavy atom. The first-order valence-electron chi connectivity index (χ1n) is 6.59. The number of aromatic amines is 1. The third-order valence-corrected chi connectivity index (χ3v) is 3.09. The fourth-order valence-corrected chi connectivity index (χ4v) is 2.12. The van der Waals surface area contributed by atoms with Crippen LogP contribution >= 0.6 is 0 Å². The van der Waals surface area contributed by atoms with Gasteiger partial charge in [-0.1, -0.05) is 32.0 Å². The van der Waals surface area contributed by atoms with Crippen LogP contribution in [0.2, 0.25) is 0 Å². The molecule has 1 heterocycles. The first kappa shape index (κ1) is 14.1. The van der Waals surface area contributed by atoms with Gasteiger partial charge in [0.2, 0.25) is 0 Å². The first-order chi connectivity index (χ1) is 9.47. The molecule has 2 rings (SSSR count). The molecule has 1 unspecified atom stereocenters. The number of carboxylic acids is 1. The topological polar surface area (TPSA) is 82.2 Å². The molecule has 0 saturated carbocycles. The van der Waals surface area contributed by atoms with Crippen LogP contribution in [0, 0.1) is 5.92 Å². The Bertz CT molecular complexity index is 598. The predicted octanol–water partition coefficient (Wildman–Crippen LogP) is 2.40. The second-order valence-corrected chi connectivity index (χ2v) is 5.26. The van der Waals surface area contributed by atoms with Crippen molar-refractivity contribution in [3.8, 4) is 0 Å². The van der Waals surface area contributed by atoms with E-state index in [-0.39, 0.29) is 5.92 Å². The van der Waals surface area contributed by atoms with Gasteiger partial charge in [0.1, 0.15) is 11.7 Å². The number of carbonyl (C=O) groups is 2. The smallest absolute Gasteiger partial charge is 0.326 e. The van der Waals surface area contributed by atoms with Crippen molar-refractivity contribution in [1.29, 1.82) is 0 Å². The number of nitrogens with one attached hydrogen (secondary N) is 2. The second kappa shape index (κ2) is 5.77. The number of H-pyrrole nitrogens is 1. The van der Waals surface area contributed by atoms with Gasteiger partial charge in [0, 0.05) is 10.9 Å². The van der Waals surface area contributed by atoms with Crippen molar-refractivity contribution in [2.24, 2.45) is 5.92 Å². The van der Waals surface area contributed by atoms with E-state index in [0.717, 1.165) is 10.9 Å². The molecule has 1 aromatic heterocycles. The third-order valence-electron chi connectivity index (χ3n) is 3.09. The summed E-state index contributed by atoms with van der Waals surface area (Å²) >= 11 is 0. The van der Waals surface area contributed by atoms with E-state index in [1.807, 2.05) is 38.1 Å². The molecule has 0 aliphatic heterocycles. The zero-order valence-corrected chi connectivity index (χ0v) is 11.5. The van der Waals surface area contributed by atoms with Gasteiger partial charge in [0.15, 0.2) is 0 Å². The molecule has 1 amide bonds. The SMILES string of the molecule is CC(C)CC(NC(=O)c1cc2ccccc2[nH]1)C(=O)O. The van der Waals surface area contributed by atoms with Crippen molar-refractivity contribution < 1.29 is 14.7 Å². The Morgan fingerprint density at radius 3 is 2.60 bits per heavy atom. The molecule has 106 valence electrons. The van der Waals surface area contributed by atoms with Gasteiger partial charge in [-0.05, 0) is 24.5 Å². The van der Waals surface area contributed by atoms with Crippen LogP contribution in [0.3, 0.4) is 0 Å². The molecule has 5 heteroatoms.